The van der Waals surface area contributed by atoms with Crippen LogP contribution in [0.1, 0.15) is 46.5 Å². The van der Waals surface area contributed by atoms with Gasteiger partial charge in [-0.2, -0.15) is 0 Å². The smallest absolute Gasteiger partial charge is 0.220 e. The van der Waals surface area contributed by atoms with Gasteiger partial charge in [-0.05, 0) is 45.2 Å². The van der Waals surface area contributed by atoms with Crippen LogP contribution in [0.5, 0.6) is 0 Å². The maximum atomic E-state index is 12.0. The summed E-state index contributed by atoms with van der Waals surface area (Å²) in [5, 5.41) is 6.52. The number of hydrogen-bond donors (Lipinski definition) is 2. The van der Waals surface area contributed by atoms with Gasteiger partial charge in [-0.25, -0.2) is 0 Å². The van der Waals surface area contributed by atoms with Gasteiger partial charge in [0.1, 0.15) is 0 Å². The number of carbonyl (C=O) groups excluding carboxylic acids is 1. The standard InChI is InChI=1S/C15H28N2O2.ClH/c1-14(2)12(9-15(14,3)19-4)17-13(18)6-5-11-7-8-16-10-11;/h11-12,16H,5-10H2,1-4H3,(H,17,18);1H. The monoisotopic (exact) mass is 304 g/mol. The van der Waals surface area contributed by atoms with E-state index in [-0.39, 0.29) is 35.4 Å². The average Bonchev–Trinajstić information content (AvgIpc) is 2.88. The van der Waals surface area contributed by atoms with E-state index in [1.807, 2.05) is 0 Å². The van der Waals surface area contributed by atoms with Crippen molar-refractivity contribution in [2.45, 2.75) is 58.1 Å². The molecule has 2 aliphatic rings. The van der Waals surface area contributed by atoms with Crippen LogP contribution < -0.4 is 10.6 Å². The Balaban J connectivity index is 0.00000200. The molecule has 1 saturated heterocycles. The molecule has 2 rings (SSSR count). The molecule has 0 aromatic rings. The van der Waals surface area contributed by atoms with Crippen molar-refractivity contribution in [2.24, 2.45) is 11.3 Å². The van der Waals surface area contributed by atoms with Gasteiger partial charge in [0, 0.05) is 25.0 Å². The number of ether oxygens (including phenoxy) is 1. The molecule has 4 nitrogen and oxygen atoms in total. The summed E-state index contributed by atoms with van der Waals surface area (Å²) in [5.41, 5.74) is -0.105. The van der Waals surface area contributed by atoms with Crippen LogP contribution in [-0.4, -0.2) is 37.7 Å². The van der Waals surface area contributed by atoms with Crippen LogP contribution >= 0.6 is 12.4 Å². The first-order chi connectivity index (χ1) is 8.89. The lowest BCUT2D eigenvalue weighted by atomic mass is 9.56. The zero-order valence-corrected chi connectivity index (χ0v) is 13.9. The Morgan fingerprint density at radius 1 is 1.40 bits per heavy atom. The summed E-state index contributed by atoms with van der Waals surface area (Å²) in [5.74, 6) is 0.882. The Hall–Kier alpha value is -0.320. The van der Waals surface area contributed by atoms with Gasteiger partial charge in [0.15, 0.2) is 0 Å². The van der Waals surface area contributed by atoms with Crippen molar-refractivity contribution in [1.82, 2.24) is 10.6 Å². The summed E-state index contributed by atoms with van der Waals surface area (Å²) >= 11 is 0. The molecule has 1 aliphatic heterocycles. The lowest BCUT2D eigenvalue weighted by Crippen LogP contribution is -2.68. The van der Waals surface area contributed by atoms with Gasteiger partial charge in [0.25, 0.3) is 0 Å². The van der Waals surface area contributed by atoms with Crippen molar-refractivity contribution in [3.8, 4) is 0 Å². The summed E-state index contributed by atoms with van der Waals surface area (Å²) in [7, 11) is 1.76. The van der Waals surface area contributed by atoms with E-state index in [1.165, 1.54) is 6.42 Å². The third kappa shape index (κ3) is 3.29. The fourth-order valence-corrected chi connectivity index (χ4v) is 3.29. The zero-order valence-electron chi connectivity index (χ0n) is 13.1. The number of carbonyl (C=O) groups is 1. The van der Waals surface area contributed by atoms with E-state index >= 15 is 0 Å². The maximum absolute atomic E-state index is 12.0. The first-order valence-corrected chi connectivity index (χ1v) is 7.44. The predicted octanol–water partition coefficient (Wildman–Crippen LogP) is 2.12. The van der Waals surface area contributed by atoms with Crippen molar-refractivity contribution >= 4 is 18.3 Å². The molecule has 3 unspecified atom stereocenters. The molecule has 3 atom stereocenters. The fraction of sp³-hybridized carbons (Fsp3) is 0.933. The van der Waals surface area contributed by atoms with Crippen molar-refractivity contribution in [2.75, 3.05) is 20.2 Å². The second-order valence-electron chi connectivity index (χ2n) is 6.88. The van der Waals surface area contributed by atoms with Crippen LogP contribution in [0.15, 0.2) is 0 Å². The molecular formula is C15H29ClN2O2. The van der Waals surface area contributed by atoms with Crippen molar-refractivity contribution < 1.29 is 9.53 Å². The highest BCUT2D eigenvalue weighted by Crippen LogP contribution is 2.51. The molecule has 2 fully saturated rings. The first kappa shape index (κ1) is 17.7. The molecule has 0 spiro atoms. The van der Waals surface area contributed by atoms with Crippen LogP contribution in [0.3, 0.4) is 0 Å². The number of hydrogen-bond acceptors (Lipinski definition) is 3. The third-order valence-corrected chi connectivity index (χ3v) is 5.56. The van der Waals surface area contributed by atoms with E-state index in [0.717, 1.165) is 25.9 Å². The summed E-state index contributed by atoms with van der Waals surface area (Å²) in [6, 6.07) is 0.242. The molecule has 1 heterocycles. The van der Waals surface area contributed by atoms with E-state index < -0.39 is 0 Å². The Kier molecular flexibility index (Phi) is 5.88. The maximum Gasteiger partial charge on any atom is 0.220 e. The highest BCUT2D eigenvalue weighted by atomic mass is 35.5. The van der Waals surface area contributed by atoms with Crippen LogP contribution in [-0.2, 0) is 9.53 Å². The summed E-state index contributed by atoms with van der Waals surface area (Å²) in [6.07, 6.45) is 3.79. The van der Waals surface area contributed by atoms with Gasteiger partial charge >= 0.3 is 0 Å². The normalized spacial score (nSPS) is 35.0. The molecule has 0 aromatic heterocycles. The predicted molar refractivity (Wildman–Crippen MR) is 83.2 cm³/mol. The molecule has 1 amide bonds. The van der Waals surface area contributed by atoms with Crippen LogP contribution in [0.25, 0.3) is 0 Å². The van der Waals surface area contributed by atoms with E-state index in [4.69, 9.17) is 4.74 Å². The number of halogens is 1. The van der Waals surface area contributed by atoms with Crippen LogP contribution in [0, 0.1) is 11.3 Å². The molecule has 0 aromatic carbocycles. The number of amides is 1. The zero-order chi connectivity index (χ0) is 14.1. The van der Waals surface area contributed by atoms with E-state index in [2.05, 4.69) is 31.4 Å². The van der Waals surface area contributed by atoms with Gasteiger partial charge in [-0.3, -0.25) is 4.79 Å². The molecule has 2 N–H and O–H groups in total. The SMILES string of the molecule is COC1(C)CC(NC(=O)CCC2CCNC2)C1(C)C.Cl. The number of methoxy groups -OCH3 is 1. The topological polar surface area (TPSA) is 50.4 Å². The second-order valence-corrected chi connectivity index (χ2v) is 6.88. The molecule has 1 saturated carbocycles. The van der Waals surface area contributed by atoms with Gasteiger partial charge in [-0.15, -0.1) is 12.4 Å². The summed E-state index contributed by atoms with van der Waals surface area (Å²) in [6.45, 7) is 8.65. The lowest BCUT2D eigenvalue weighted by molar-refractivity contribution is -0.182. The highest BCUT2D eigenvalue weighted by molar-refractivity contribution is 5.85. The minimum absolute atomic E-state index is 0. The molecule has 20 heavy (non-hydrogen) atoms. The molecule has 0 bridgehead atoms. The Bertz CT molecular complexity index is 343. The highest BCUT2D eigenvalue weighted by Gasteiger charge is 2.58. The van der Waals surface area contributed by atoms with E-state index in [0.29, 0.717) is 12.3 Å². The van der Waals surface area contributed by atoms with E-state index in [1.54, 1.807) is 7.11 Å². The van der Waals surface area contributed by atoms with Crippen molar-refractivity contribution in [3.05, 3.63) is 0 Å². The Morgan fingerprint density at radius 2 is 2.10 bits per heavy atom. The molecule has 0 radical (unpaired) electrons. The van der Waals surface area contributed by atoms with Crippen LogP contribution in [0.2, 0.25) is 0 Å². The Labute approximate surface area is 128 Å². The molecule has 5 heteroatoms. The molecular weight excluding hydrogens is 276 g/mol. The third-order valence-electron chi connectivity index (χ3n) is 5.56. The molecule has 1 aliphatic carbocycles. The first-order valence-electron chi connectivity index (χ1n) is 7.44. The second kappa shape index (κ2) is 6.63. The molecule has 118 valence electrons. The van der Waals surface area contributed by atoms with Gasteiger partial charge in [-0.1, -0.05) is 13.8 Å². The fourth-order valence-electron chi connectivity index (χ4n) is 3.29. The number of nitrogens with one attached hydrogen (secondary N) is 2. The number of rotatable bonds is 5. The van der Waals surface area contributed by atoms with Gasteiger partial charge < -0.3 is 15.4 Å². The largest absolute Gasteiger partial charge is 0.378 e. The van der Waals surface area contributed by atoms with E-state index in [9.17, 15) is 4.79 Å². The summed E-state index contributed by atoms with van der Waals surface area (Å²) in [4.78, 5) is 12.0. The van der Waals surface area contributed by atoms with Crippen molar-refractivity contribution in [1.29, 1.82) is 0 Å². The van der Waals surface area contributed by atoms with Crippen molar-refractivity contribution in [3.63, 3.8) is 0 Å². The average molecular weight is 305 g/mol. The van der Waals surface area contributed by atoms with Crippen LogP contribution in [0.4, 0.5) is 0 Å². The quantitative estimate of drug-likeness (QED) is 0.818. The Morgan fingerprint density at radius 3 is 2.60 bits per heavy atom. The minimum atomic E-state index is -0.111. The minimum Gasteiger partial charge on any atom is -0.378 e. The lowest BCUT2D eigenvalue weighted by Gasteiger charge is -2.59. The van der Waals surface area contributed by atoms with Gasteiger partial charge in [0.2, 0.25) is 5.91 Å². The van der Waals surface area contributed by atoms with Gasteiger partial charge in [0.05, 0.1) is 5.60 Å². The summed E-state index contributed by atoms with van der Waals surface area (Å²) < 4.78 is 5.58.